The molecule has 0 radical (unpaired) electrons. The molecule has 3 aromatic rings. The van der Waals surface area contributed by atoms with Crippen LogP contribution in [0.4, 0.5) is 13.2 Å². The van der Waals surface area contributed by atoms with E-state index in [2.05, 4.69) is 0 Å². The van der Waals surface area contributed by atoms with Crippen LogP contribution in [-0.4, -0.2) is 0 Å². The van der Waals surface area contributed by atoms with Gasteiger partial charge in [-0.05, 0) is 23.8 Å². The van der Waals surface area contributed by atoms with Gasteiger partial charge in [0.15, 0.2) is 5.75 Å². The lowest BCUT2D eigenvalue weighted by molar-refractivity contribution is -0.137. The molecule has 1 aliphatic heterocycles. The molecule has 28 heavy (non-hydrogen) atoms. The van der Waals surface area contributed by atoms with Gasteiger partial charge in [-0.1, -0.05) is 30.3 Å². The molecule has 0 spiro atoms. The predicted octanol–water partition coefficient (Wildman–Crippen LogP) is 4.03. The number of alkyl halides is 3. The summed E-state index contributed by atoms with van der Waals surface area (Å²) in [5, 5.41) is 9.95. The normalized spacial score (nSPS) is 16.4. The van der Waals surface area contributed by atoms with Gasteiger partial charge in [0.1, 0.15) is 17.2 Å². The smallest absolute Gasteiger partial charge is 0.416 e. The molecular formula is C20H11F3N2O3. The van der Waals surface area contributed by atoms with E-state index < -0.39 is 23.3 Å². The molecule has 2 heterocycles. The van der Waals surface area contributed by atoms with Crippen molar-refractivity contribution in [3.05, 3.63) is 87.1 Å². The quantitative estimate of drug-likeness (QED) is 0.640. The number of nitrogens with two attached hydrogens (primary N) is 1. The van der Waals surface area contributed by atoms with Gasteiger partial charge < -0.3 is 14.9 Å². The summed E-state index contributed by atoms with van der Waals surface area (Å²) in [5.74, 6) is -1.34. The van der Waals surface area contributed by atoms with Gasteiger partial charge in [0, 0.05) is 0 Å². The Labute approximate surface area is 156 Å². The standard InChI is InChI=1S/C20H11F3N2O3/c21-20(22,23)11-5-3-4-10(8-11)15-13(9-24)18(25)28-17-12-6-1-2-7-14(12)27-19(26)16(15)17/h1-8,15H,25H2/t15-/m1/s1. The summed E-state index contributed by atoms with van der Waals surface area (Å²) in [6, 6.07) is 12.8. The topological polar surface area (TPSA) is 89.3 Å². The predicted molar refractivity (Wildman–Crippen MR) is 93.2 cm³/mol. The summed E-state index contributed by atoms with van der Waals surface area (Å²) >= 11 is 0. The Morgan fingerprint density at radius 1 is 1.11 bits per heavy atom. The summed E-state index contributed by atoms with van der Waals surface area (Å²) in [6.45, 7) is 0. The number of halogens is 3. The van der Waals surface area contributed by atoms with Gasteiger partial charge in [0.2, 0.25) is 5.88 Å². The highest BCUT2D eigenvalue weighted by molar-refractivity contribution is 5.86. The summed E-state index contributed by atoms with van der Waals surface area (Å²) in [5.41, 5.74) is 4.26. The summed E-state index contributed by atoms with van der Waals surface area (Å²) < 4.78 is 50.3. The van der Waals surface area contributed by atoms with E-state index in [0.29, 0.717) is 5.39 Å². The monoisotopic (exact) mass is 384 g/mol. The Kier molecular flexibility index (Phi) is 3.89. The highest BCUT2D eigenvalue weighted by Crippen LogP contribution is 2.44. The third-order valence-electron chi connectivity index (χ3n) is 4.52. The first kappa shape index (κ1) is 17.7. The number of rotatable bonds is 1. The fourth-order valence-electron chi connectivity index (χ4n) is 3.29. The summed E-state index contributed by atoms with van der Waals surface area (Å²) in [7, 11) is 0. The number of allylic oxidation sites excluding steroid dienone is 1. The molecule has 2 aromatic carbocycles. The summed E-state index contributed by atoms with van der Waals surface area (Å²) in [6.07, 6.45) is -4.58. The average Bonchev–Trinajstić information content (AvgIpc) is 2.66. The first-order chi connectivity index (χ1) is 13.3. The van der Waals surface area contributed by atoms with Crippen molar-refractivity contribution in [3.63, 3.8) is 0 Å². The van der Waals surface area contributed by atoms with Gasteiger partial charge in [-0.15, -0.1) is 0 Å². The first-order valence-corrected chi connectivity index (χ1v) is 8.11. The number of nitrogens with zero attached hydrogens (tertiary/aromatic N) is 1. The fourth-order valence-corrected chi connectivity index (χ4v) is 3.29. The number of nitriles is 1. The van der Waals surface area contributed by atoms with Crippen LogP contribution in [0.15, 0.2) is 69.2 Å². The van der Waals surface area contributed by atoms with Crippen LogP contribution in [0.1, 0.15) is 22.6 Å². The van der Waals surface area contributed by atoms with E-state index in [1.807, 2.05) is 6.07 Å². The molecule has 0 bridgehead atoms. The molecule has 1 aromatic heterocycles. The second-order valence-corrected chi connectivity index (χ2v) is 6.18. The first-order valence-electron chi connectivity index (χ1n) is 8.11. The van der Waals surface area contributed by atoms with Gasteiger partial charge in [-0.25, -0.2) is 4.79 Å². The highest BCUT2D eigenvalue weighted by atomic mass is 19.4. The van der Waals surface area contributed by atoms with Gasteiger partial charge in [-0.2, -0.15) is 18.4 Å². The molecule has 5 nitrogen and oxygen atoms in total. The molecule has 2 N–H and O–H groups in total. The van der Waals surface area contributed by atoms with Crippen LogP contribution in [0.5, 0.6) is 5.75 Å². The second kappa shape index (κ2) is 6.16. The van der Waals surface area contributed by atoms with E-state index >= 15 is 0 Å². The van der Waals surface area contributed by atoms with Crippen molar-refractivity contribution >= 4 is 11.0 Å². The number of hydrogen-bond acceptors (Lipinski definition) is 5. The Hall–Kier alpha value is -3.73. The molecule has 0 saturated carbocycles. The lowest BCUT2D eigenvalue weighted by Gasteiger charge is -2.26. The van der Waals surface area contributed by atoms with Crippen molar-refractivity contribution < 1.29 is 22.3 Å². The zero-order valence-corrected chi connectivity index (χ0v) is 14.1. The average molecular weight is 384 g/mol. The minimum absolute atomic E-state index is 0.0659. The maximum Gasteiger partial charge on any atom is 0.416 e. The third-order valence-corrected chi connectivity index (χ3v) is 4.52. The molecule has 4 rings (SSSR count). The molecule has 1 atom stereocenters. The molecule has 140 valence electrons. The SMILES string of the molecule is N#CC1=C(N)Oc2c(c(=O)oc3ccccc23)[C@@H]1c1cccc(C(F)(F)F)c1. The van der Waals surface area contributed by atoms with Crippen LogP contribution in [-0.2, 0) is 6.18 Å². The minimum Gasteiger partial charge on any atom is -0.439 e. The van der Waals surface area contributed by atoms with Gasteiger partial charge in [0.05, 0.1) is 22.4 Å². The molecule has 8 heteroatoms. The van der Waals surface area contributed by atoms with Crippen LogP contribution in [0.25, 0.3) is 11.0 Å². The van der Waals surface area contributed by atoms with E-state index in [1.54, 1.807) is 24.3 Å². The highest BCUT2D eigenvalue weighted by Gasteiger charge is 2.37. The molecule has 0 fully saturated rings. The number of fused-ring (bicyclic) bond motifs is 3. The lowest BCUT2D eigenvalue weighted by Crippen LogP contribution is -2.26. The van der Waals surface area contributed by atoms with Crippen molar-refractivity contribution in [2.45, 2.75) is 12.1 Å². The molecule has 0 saturated heterocycles. The largest absolute Gasteiger partial charge is 0.439 e. The molecule has 0 unspecified atom stereocenters. The lowest BCUT2D eigenvalue weighted by atomic mass is 9.83. The van der Waals surface area contributed by atoms with E-state index in [-0.39, 0.29) is 33.9 Å². The van der Waals surface area contributed by atoms with Crippen molar-refractivity contribution in [1.82, 2.24) is 0 Å². The zero-order chi connectivity index (χ0) is 20.1. The van der Waals surface area contributed by atoms with Gasteiger partial charge in [-0.3, -0.25) is 0 Å². The van der Waals surface area contributed by atoms with E-state index in [0.717, 1.165) is 12.1 Å². The van der Waals surface area contributed by atoms with Crippen molar-refractivity contribution in [2.75, 3.05) is 0 Å². The maximum absolute atomic E-state index is 13.2. The third kappa shape index (κ3) is 2.68. The second-order valence-electron chi connectivity index (χ2n) is 6.18. The van der Waals surface area contributed by atoms with Crippen LogP contribution < -0.4 is 16.1 Å². The minimum atomic E-state index is -4.58. The number of benzene rings is 2. The molecule has 0 aliphatic carbocycles. The molecule has 0 amide bonds. The van der Waals surface area contributed by atoms with Crippen LogP contribution in [0.3, 0.4) is 0 Å². The Morgan fingerprint density at radius 3 is 2.57 bits per heavy atom. The van der Waals surface area contributed by atoms with E-state index in [9.17, 15) is 23.2 Å². The number of ether oxygens (including phenoxy) is 1. The van der Waals surface area contributed by atoms with E-state index in [1.165, 1.54) is 12.1 Å². The van der Waals surface area contributed by atoms with Crippen molar-refractivity contribution in [2.24, 2.45) is 5.73 Å². The van der Waals surface area contributed by atoms with Crippen LogP contribution in [0.2, 0.25) is 0 Å². The van der Waals surface area contributed by atoms with Crippen molar-refractivity contribution in [1.29, 1.82) is 5.26 Å². The zero-order valence-electron chi connectivity index (χ0n) is 14.1. The number of para-hydroxylation sites is 1. The van der Waals surface area contributed by atoms with Crippen molar-refractivity contribution in [3.8, 4) is 11.8 Å². The fraction of sp³-hybridized carbons (Fsp3) is 0.100. The number of hydrogen-bond donors (Lipinski definition) is 1. The van der Waals surface area contributed by atoms with E-state index in [4.69, 9.17) is 14.9 Å². The van der Waals surface area contributed by atoms with Gasteiger partial charge >= 0.3 is 11.8 Å². The Balaban J connectivity index is 2.05. The van der Waals surface area contributed by atoms with Gasteiger partial charge in [0.25, 0.3) is 0 Å². The van der Waals surface area contributed by atoms with Crippen LogP contribution >= 0.6 is 0 Å². The maximum atomic E-state index is 13.2. The Morgan fingerprint density at radius 2 is 1.86 bits per heavy atom. The molecule has 1 aliphatic rings. The molecular weight excluding hydrogens is 373 g/mol. The Bertz CT molecular complexity index is 1240. The summed E-state index contributed by atoms with van der Waals surface area (Å²) in [4.78, 5) is 12.7. The van der Waals surface area contributed by atoms with Crippen LogP contribution in [0, 0.1) is 11.3 Å².